The standard InChI is InChI=1S/C19H17Cl2F2NO3/c20-12-4-5-15(16(21)10-12)19(6-8-26-9-7-19)17(25)24-13-2-1-3-14(11-13)27-18(22)23/h1-5,10-11,18H,6-9H2,(H,24,25). The minimum atomic E-state index is -2.94. The lowest BCUT2D eigenvalue weighted by Crippen LogP contribution is -2.45. The van der Waals surface area contributed by atoms with Crippen LogP contribution in [-0.4, -0.2) is 25.7 Å². The number of benzene rings is 2. The van der Waals surface area contributed by atoms with Crippen LogP contribution in [0.25, 0.3) is 0 Å². The molecule has 27 heavy (non-hydrogen) atoms. The zero-order valence-electron chi connectivity index (χ0n) is 14.2. The Morgan fingerprint density at radius 1 is 1.15 bits per heavy atom. The Hall–Kier alpha value is -1.89. The first kappa shape index (κ1) is 19.9. The van der Waals surface area contributed by atoms with E-state index in [0.29, 0.717) is 47.4 Å². The highest BCUT2D eigenvalue weighted by atomic mass is 35.5. The number of halogens is 4. The van der Waals surface area contributed by atoms with E-state index in [9.17, 15) is 13.6 Å². The molecule has 1 amide bonds. The summed E-state index contributed by atoms with van der Waals surface area (Å²) in [6.45, 7) is -2.13. The summed E-state index contributed by atoms with van der Waals surface area (Å²) >= 11 is 12.4. The summed E-state index contributed by atoms with van der Waals surface area (Å²) in [5.74, 6) is -0.322. The van der Waals surface area contributed by atoms with Gasteiger partial charge in [-0.1, -0.05) is 35.3 Å². The minimum Gasteiger partial charge on any atom is -0.435 e. The van der Waals surface area contributed by atoms with Gasteiger partial charge in [0.25, 0.3) is 0 Å². The van der Waals surface area contributed by atoms with Crippen LogP contribution in [0.4, 0.5) is 14.5 Å². The molecule has 4 nitrogen and oxygen atoms in total. The van der Waals surface area contributed by atoms with Gasteiger partial charge in [0.15, 0.2) is 0 Å². The van der Waals surface area contributed by atoms with Crippen molar-refractivity contribution in [2.24, 2.45) is 0 Å². The first-order valence-corrected chi connectivity index (χ1v) is 9.06. The molecule has 1 aliphatic rings. The zero-order chi connectivity index (χ0) is 19.4. The van der Waals surface area contributed by atoms with Crippen molar-refractivity contribution >= 4 is 34.8 Å². The first-order valence-electron chi connectivity index (χ1n) is 8.30. The van der Waals surface area contributed by atoms with Crippen molar-refractivity contribution in [1.29, 1.82) is 0 Å². The van der Waals surface area contributed by atoms with Gasteiger partial charge in [0.05, 0.1) is 5.41 Å². The largest absolute Gasteiger partial charge is 0.435 e. The zero-order valence-corrected chi connectivity index (χ0v) is 15.7. The van der Waals surface area contributed by atoms with Gasteiger partial charge in [-0.25, -0.2) is 0 Å². The van der Waals surface area contributed by atoms with Crippen molar-refractivity contribution in [3.05, 3.63) is 58.1 Å². The van der Waals surface area contributed by atoms with Crippen molar-refractivity contribution in [3.8, 4) is 5.75 Å². The second-order valence-corrected chi connectivity index (χ2v) is 7.02. The SMILES string of the molecule is O=C(Nc1cccc(OC(F)F)c1)C1(c2ccc(Cl)cc2Cl)CCOCC1. The van der Waals surface area contributed by atoms with E-state index in [2.05, 4.69) is 10.1 Å². The molecule has 0 aliphatic carbocycles. The molecule has 0 atom stereocenters. The average Bonchev–Trinajstić information content (AvgIpc) is 2.62. The molecule has 2 aromatic rings. The Bertz CT molecular complexity index is 826. The number of hydrogen-bond donors (Lipinski definition) is 1. The number of rotatable bonds is 5. The van der Waals surface area contributed by atoms with Crippen LogP contribution in [0.2, 0.25) is 10.0 Å². The summed E-state index contributed by atoms with van der Waals surface area (Å²) in [5, 5.41) is 3.67. The fourth-order valence-corrected chi connectivity index (χ4v) is 3.81. The summed E-state index contributed by atoms with van der Waals surface area (Å²) in [7, 11) is 0. The molecular weight excluding hydrogens is 399 g/mol. The molecule has 1 heterocycles. The van der Waals surface area contributed by atoms with E-state index >= 15 is 0 Å². The lowest BCUT2D eigenvalue weighted by molar-refractivity contribution is -0.125. The normalized spacial score (nSPS) is 16.2. The maximum Gasteiger partial charge on any atom is 0.387 e. The van der Waals surface area contributed by atoms with Gasteiger partial charge in [-0.15, -0.1) is 0 Å². The van der Waals surface area contributed by atoms with Crippen LogP contribution in [0, 0.1) is 0 Å². The van der Waals surface area contributed by atoms with Crippen LogP contribution in [0.1, 0.15) is 18.4 Å². The van der Waals surface area contributed by atoms with Gasteiger partial charge in [-0.3, -0.25) is 4.79 Å². The molecule has 1 N–H and O–H groups in total. The lowest BCUT2D eigenvalue weighted by atomic mass is 9.73. The second kappa shape index (κ2) is 8.42. The third-order valence-corrected chi connectivity index (χ3v) is 5.09. The number of carbonyl (C=O) groups is 1. The molecule has 8 heteroatoms. The van der Waals surface area contributed by atoms with Crippen molar-refractivity contribution in [1.82, 2.24) is 0 Å². The number of anilines is 1. The minimum absolute atomic E-state index is 0.0339. The van der Waals surface area contributed by atoms with E-state index in [4.69, 9.17) is 27.9 Å². The maximum absolute atomic E-state index is 13.2. The molecule has 1 fully saturated rings. The molecule has 0 spiro atoms. The molecule has 0 unspecified atom stereocenters. The Morgan fingerprint density at radius 2 is 1.89 bits per heavy atom. The Kier molecular flexibility index (Phi) is 6.19. The Labute approximate surface area is 165 Å². The molecule has 144 valence electrons. The molecular formula is C19H17Cl2F2NO3. The summed E-state index contributed by atoms with van der Waals surface area (Å²) in [5.41, 5.74) is 0.114. The molecule has 0 bridgehead atoms. The van der Waals surface area contributed by atoms with Crippen LogP contribution in [-0.2, 0) is 14.9 Å². The number of carbonyl (C=O) groups excluding carboxylic acids is 1. The third-order valence-electron chi connectivity index (χ3n) is 4.54. The third kappa shape index (κ3) is 4.51. The van der Waals surface area contributed by atoms with Gasteiger partial charge >= 0.3 is 6.61 Å². The summed E-state index contributed by atoms with van der Waals surface area (Å²) in [6.07, 6.45) is 0.876. The smallest absolute Gasteiger partial charge is 0.387 e. The van der Waals surface area contributed by atoms with Crippen LogP contribution in [0.15, 0.2) is 42.5 Å². The van der Waals surface area contributed by atoms with E-state index in [1.54, 1.807) is 24.3 Å². The van der Waals surface area contributed by atoms with Crippen LogP contribution < -0.4 is 10.1 Å². The molecule has 0 saturated carbocycles. The molecule has 0 aromatic heterocycles. The van der Waals surface area contributed by atoms with E-state index < -0.39 is 12.0 Å². The van der Waals surface area contributed by atoms with Gasteiger partial charge < -0.3 is 14.8 Å². The summed E-state index contributed by atoms with van der Waals surface area (Å²) in [4.78, 5) is 13.2. The highest BCUT2D eigenvalue weighted by Crippen LogP contribution is 2.40. The van der Waals surface area contributed by atoms with E-state index in [-0.39, 0.29) is 11.7 Å². The van der Waals surface area contributed by atoms with Crippen molar-refractivity contribution in [2.75, 3.05) is 18.5 Å². The molecule has 0 radical (unpaired) electrons. The quantitative estimate of drug-likeness (QED) is 0.722. The summed E-state index contributed by atoms with van der Waals surface area (Å²) < 4.78 is 34.6. The number of nitrogens with one attached hydrogen (secondary N) is 1. The Balaban J connectivity index is 1.90. The highest BCUT2D eigenvalue weighted by molar-refractivity contribution is 6.35. The number of hydrogen-bond acceptors (Lipinski definition) is 3. The number of amides is 1. The van der Waals surface area contributed by atoms with Gasteiger partial charge in [-0.05, 0) is 42.7 Å². The highest BCUT2D eigenvalue weighted by Gasteiger charge is 2.43. The molecule has 1 aliphatic heterocycles. The van der Waals surface area contributed by atoms with Crippen molar-refractivity contribution < 1.29 is 23.0 Å². The van der Waals surface area contributed by atoms with Crippen LogP contribution in [0.5, 0.6) is 5.75 Å². The molecule has 3 rings (SSSR count). The predicted octanol–water partition coefficient (Wildman–Crippen LogP) is 5.28. The van der Waals surface area contributed by atoms with E-state index in [1.807, 2.05) is 0 Å². The lowest BCUT2D eigenvalue weighted by Gasteiger charge is -2.36. The second-order valence-electron chi connectivity index (χ2n) is 6.18. The van der Waals surface area contributed by atoms with Gasteiger partial charge in [-0.2, -0.15) is 8.78 Å². The van der Waals surface area contributed by atoms with Gasteiger partial charge in [0.1, 0.15) is 5.75 Å². The van der Waals surface area contributed by atoms with Crippen molar-refractivity contribution in [3.63, 3.8) is 0 Å². The number of alkyl halides is 2. The monoisotopic (exact) mass is 415 g/mol. The van der Waals surface area contributed by atoms with E-state index in [0.717, 1.165) is 0 Å². The van der Waals surface area contributed by atoms with Crippen molar-refractivity contribution in [2.45, 2.75) is 24.9 Å². The topological polar surface area (TPSA) is 47.6 Å². The van der Waals surface area contributed by atoms with Gasteiger partial charge in [0, 0.05) is 35.0 Å². The summed E-state index contributed by atoms with van der Waals surface area (Å²) in [6, 6.07) is 10.9. The first-order chi connectivity index (χ1) is 12.9. The van der Waals surface area contributed by atoms with Gasteiger partial charge in [0.2, 0.25) is 5.91 Å². The number of ether oxygens (including phenoxy) is 2. The molecule has 2 aromatic carbocycles. The van der Waals surface area contributed by atoms with Crippen LogP contribution >= 0.6 is 23.2 Å². The predicted molar refractivity (Wildman–Crippen MR) is 99.9 cm³/mol. The maximum atomic E-state index is 13.2. The van der Waals surface area contributed by atoms with Crippen LogP contribution in [0.3, 0.4) is 0 Å². The fraction of sp³-hybridized carbons (Fsp3) is 0.316. The average molecular weight is 416 g/mol. The van der Waals surface area contributed by atoms with E-state index in [1.165, 1.54) is 18.2 Å². The molecule has 1 saturated heterocycles. The fourth-order valence-electron chi connectivity index (χ4n) is 3.22. The Morgan fingerprint density at radius 3 is 2.56 bits per heavy atom.